The molecule has 1 N–H and O–H groups in total. The lowest BCUT2D eigenvalue weighted by Gasteiger charge is -2.31. The minimum atomic E-state index is -0.936. The Hall–Kier alpha value is -1.58. The maximum Gasteiger partial charge on any atom is 0.335 e. The molecule has 4 nitrogen and oxygen atoms in total. The van der Waals surface area contributed by atoms with Crippen molar-refractivity contribution in [1.29, 1.82) is 0 Å². The zero-order valence-electron chi connectivity index (χ0n) is 13.3. The highest BCUT2D eigenvalue weighted by molar-refractivity contribution is 5.88. The molecule has 0 radical (unpaired) electrons. The van der Waals surface area contributed by atoms with Crippen LogP contribution in [0.5, 0.6) is 5.88 Å². The summed E-state index contributed by atoms with van der Waals surface area (Å²) in [7, 11) is 0. The van der Waals surface area contributed by atoms with Crippen LogP contribution >= 0.6 is 0 Å². The van der Waals surface area contributed by atoms with Crippen LogP contribution in [0.4, 0.5) is 0 Å². The number of ether oxygens (including phenoxy) is 1. The number of hydrogen-bond acceptors (Lipinski definition) is 3. The maximum atomic E-state index is 11.2. The van der Waals surface area contributed by atoms with Crippen molar-refractivity contribution in [2.75, 3.05) is 0 Å². The van der Waals surface area contributed by atoms with Gasteiger partial charge < -0.3 is 9.84 Å². The molecule has 0 saturated heterocycles. The van der Waals surface area contributed by atoms with Gasteiger partial charge in [-0.2, -0.15) is 0 Å². The van der Waals surface area contributed by atoms with Crippen LogP contribution in [-0.4, -0.2) is 22.2 Å². The zero-order chi connectivity index (χ0) is 15.6. The van der Waals surface area contributed by atoms with Crippen molar-refractivity contribution >= 4 is 5.97 Å². The fourth-order valence-electron chi connectivity index (χ4n) is 3.15. The van der Waals surface area contributed by atoms with Crippen LogP contribution in [0.25, 0.3) is 0 Å². The third-order valence-corrected chi connectivity index (χ3v) is 4.08. The Morgan fingerprint density at radius 3 is 2.38 bits per heavy atom. The Labute approximate surface area is 126 Å². The van der Waals surface area contributed by atoms with Gasteiger partial charge in [0.25, 0.3) is 0 Å². The van der Waals surface area contributed by atoms with Gasteiger partial charge >= 0.3 is 5.97 Å². The van der Waals surface area contributed by atoms with Crippen molar-refractivity contribution in [3.05, 3.63) is 23.4 Å². The number of carboxylic acids is 1. The van der Waals surface area contributed by atoms with Crippen LogP contribution in [-0.2, 0) is 0 Å². The molecular formula is C17H25NO3. The van der Waals surface area contributed by atoms with E-state index in [2.05, 4.69) is 18.8 Å². The van der Waals surface area contributed by atoms with Crippen molar-refractivity contribution in [2.24, 2.45) is 11.8 Å². The summed E-state index contributed by atoms with van der Waals surface area (Å²) in [6.45, 7) is 8.49. The summed E-state index contributed by atoms with van der Waals surface area (Å²) in [5, 5.41) is 9.22. The molecule has 2 unspecified atom stereocenters. The minimum Gasteiger partial charge on any atom is -0.478 e. The van der Waals surface area contributed by atoms with Gasteiger partial charge in [0.1, 0.15) is 6.10 Å². The summed E-state index contributed by atoms with van der Waals surface area (Å²) in [6.07, 6.45) is 3.40. The van der Waals surface area contributed by atoms with E-state index in [-0.39, 0.29) is 17.6 Å². The first-order valence-corrected chi connectivity index (χ1v) is 7.77. The topological polar surface area (TPSA) is 59.4 Å². The van der Waals surface area contributed by atoms with Gasteiger partial charge in [0, 0.05) is 11.8 Å². The van der Waals surface area contributed by atoms with E-state index in [0.29, 0.717) is 17.7 Å². The maximum absolute atomic E-state index is 11.2. The molecule has 1 aromatic rings. The molecule has 1 aliphatic carbocycles. The molecule has 1 aromatic heterocycles. The number of rotatable bonds is 4. The Bertz CT molecular complexity index is 503. The van der Waals surface area contributed by atoms with Gasteiger partial charge in [0.05, 0.1) is 5.56 Å². The van der Waals surface area contributed by atoms with E-state index in [1.165, 1.54) is 12.5 Å². The van der Waals surface area contributed by atoms with Crippen molar-refractivity contribution < 1.29 is 14.6 Å². The van der Waals surface area contributed by atoms with E-state index in [9.17, 15) is 9.90 Å². The first-order chi connectivity index (χ1) is 9.85. The molecule has 116 valence electrons. The number of hydrogen-bond donors (Lipinski definition) is 1. The second-order valence-corrected chi connectivity index (χ2v) is 6.74. The molecule has 2 rings (SSSR count). The summed E-state index contributed by atoms with van der Waals surface area (Å²) in [5.74, 6) is 0.979. The van der Waals surface area contributed by atoms with Gasteiger partial charge in [-0.05, 0) is 43.1 Å². The molecule has 0 aliphatic heterocycles. The Morgan fingerprint density at radius 1 is 1.24 bits per heavy atom. The molecule has 1 saturated carbocycles. The number of carbonyl (C=O) groups is 1. The van der Waals surface area contributed by atoms with Gasteiger partial charge in [0.15, 0.2) is 0 Å². The van der Waals surface area contributed by atoms with Crippen LogP contribution in [0.15, 0.2) is 12.1 Å². The average Bonchev–Trinajstić information content (AvgIpc) is 2.36. The van der Waals surface area contributed by atoms with Gasteiger partial charge in [-0.1, -0.05) is 27.7 Å². The largest absolute Gasteiger partial charge is 0.478 e. The van der Waals surface area contributed by atoms with E-state index in [0.717, 1.165) is 18.5 Å². The number of nitrogens with zero attached hydrogens (tertiary/aromatic N) is 1. The first kappa shape index (κ1) is 15.8. The van der Waals surface area contributed by atoms with Gasteiger partial charge in [-0.3, -0.25) is 0 Å². The summed E-state index contributed by atoms with van der Waals surface area (Å²) in [5.41, 5.74) is 1.02. The van der Waals surface area contributed by atoms with Crippen LogP contribution in [0.2, 0.25) is 0 Å². The molecule has 21 heavy (non-hydrogen) atoms. The average molecular weight is 291 g/mol. The van der Waals surface area contributed by atoms with Crippen molar-refractivity contribution in [3.8, 4) is 5.88 Å². The standard InChI is InChI=1S/C17H25NO3/c1-10(2)15-8-13(17(19)20)9-16(18-15)21-14-6-11(3)5-12(4)7-14/h8-12,14H,5-7H2,1-4H3,(H,19,20). The van der Waals surface area contributed by atoms with Crippen LogP contribution in [0.1, 0.15) is 68.9 Å². The quantitative estimate of drug-likeness (QED) is 0.907. The lowest BCUT2D eigenvalue weighted by molar-refractivity contribution is 0.0692. The highest BCUT2D eigenvalue weighted by Gasteiger charge is 2.26. The predicted octanol–water partition coefficient (Wildman–Crippen LogP) is 4.11. The minimum absolute atomic E-state index is 0.139. The molecule has 1 fully saturated rings. The summed E-state index contributed by atoms with van der Waals surface area (Å²) in [6, 6.07) is 3.17. The second-order valence-electron chi connectivity index (χ2n) is 6.74. The summed E-state index contributed by atoms with van der Waals surface area (Å²) < 4.78 is 6.00. The fraction of sp³-hybridized carbons (Fsp3) is 0.647. The molecular weight excluding hydrogens is 266 g/mol. The second kappa shape index (κ2) is 6.46. The van der Waals surface area contributed by atoms with Crippen LogP contribution < -0.4 is 4.74 Å². The third kappa shape index (κ3) is 4.19. The Morgan fingerprint density at radius 2 is 1.86 bits per heavy atom. The Balaban J connectivity index is 2.20. The molecule has 0 bridgehead atoms. The number of aromatic nitrogens is 1. The predicted molar refractivity (Wildman–Crippen MR) is 81.9 cm³/mol. The van der Waals surface area contributed by atoms with Crippen molar-refractivity contribution in [1.82, 2.24) is 4.98 Å². The van der Waals surface area contributed by atoms with Gasteiger partial charge in [-0.25, -0.2) is 9.78 Å². The molecule has 1 aliphatic rings. The van der Waals surface area contributed by atoms with Crippen LogP contribution in [0.3, 0.4) is 0 Å². The molecule has 2 atom stereocenters. The van der Waals surface area contributed by atoms with Crippen LogP contribution in [0, 0.1) is 11.8 Å². The third-order valence-electron chi connectivity index (χ3n) is 4.08. The lowest BCUT2D eigenvalue weighted by atomic mass is 9.82. The molecule has 1 heterocycles. The number of aromatic carboxylic acids is 1. The van der Waals surface area contributed by atoms with E-state index in [1.807, 2.05) is 13.8 Å². The normalized spacial score (nSPS) is 25.9. The van der Waals surface area contributed by atoms with E-state index in [1.54, 1.807) is 6.07 Å². The molecule has 0 aromatic carbocycles. The number of carboxylic acid groups (broad SMARTS) is 1. The highest BCUT2D eigenvalue weighted by atomic mass is 16.5. The summed E-state index contributed by atoms with van der Waals surface area (Å²) in [4.78, 5) is 15.7. The molecule has 4 heteroatoms. The summed E-state index contributed by atoms with van der Waals surface area (Å²) >= 11 is 0. The highest BCUT2D eigenvalue weighted by Crippen LogP contribution is 2.31. The van der Waals surface area contributed by atoms with E-state index >= 15 is 0 Å². The Kier molecular flexibility index (Phi) is 4.86. The first-order valence-electron chi connectivity index (χ1n) is 7.77. The van der Waals surface area contributed by atoms with Crippen molar-refractivity contribution in [3.63, 3.8) is 0 Å². The number of pyridine rings is 1. The molecule has 0 spiro atoms. The van der Waals surface area contributed by atoms with Gasteiger partial charge in [0.2, 0.25) is 5.88 Å². The molecule has 0 amide bonds. The lowest BCUT2D eigenvalue weighted by Crippen LogP contribution is -2.29. The monoisotopic (exact) mass is 291 g/mol. The zero-order valence-corrected chi connectivity index (χ0v) is 13.3. The van der Waals surface area contributed by atoms with Gasteiger partial charge in [-0.15, -0.1) is 0 Å². The van der Waals surface area contributed by atoms with Crippen molar-refractivity contribution in [2.45, 2.75) is 59.0 Å². The van der Waals surface area contributed by atoms with E-state index < -0.39 is 5.97 Å². The van der Waals surface area contributed by atoms with E-state index in [4.69, 9.17) is 4.74 Å². The fourth-order valence-corrected chi connectivity index (χ4v) is 3.15. The smallest absolute Gasteiger partial charge is 0.335 e. The SMILES string of the molecule is CC1CC(C)CC(Oc2cc(C(=O)O)cc(C(C)C)n2)C1.